The molecule has 15 heavy (non-hydrogen) atoms. The van der Waals surface area contributed by atoms with Crippen LogP contribution < -0.4 is 0 Å². The molecule has 1 spiro atoms. The fraction of sp³-hybridized carbons (Fsp3) is 0.846. The van der Waals surface area contributed by atoms with E-state index in [1.807, 2.05) is 19.9 Å². The molecule has 0 N–H and O–H groups in total. The van der Waals surface area contributed by atoms with Crippen LogP contribution in [-0.2, 0) is 9.47 Å². The number of hydrogen-bond donors (Lipinski definition) is 0. The zero-order valence-corrected chi connectivity index (χ0v) is 10.2. The second kappa shape index (κ2) is 3.33. The molecule has 86 valence electrons. The van der Waals surface area contributed by atoms with Gasteiger partial charge in [-0.1, -0.05) is 39.8 Å². The Balaban J connectivity index is 2.24. The Kier molecular flexibility index (Phi) is 2.18. The van der Waals surface area contributed by atoms with Crippen molar-refractivity contribution in [3.63, 3.8) is 0 Å². The number of ether oxygens (including phenoxy) is 2. The van der Waals surface area contributed by atoms with E-state index in [2.05, 4.69) is 13.8 Å². The Hall–Kier alpha value is -0.340. The van der Waals surface area contributed by atoms with Crippen LogP contribution in [0.2, 0.25) is 0 Å². The largest absolute Gasteiger partial charge is 0.348 e. The van der Waals surface area contributed by atoms with E-state index in [1.54, 1.807) is 0 Å². The summed E-state index contributed by atoms with van der Waals surface area (Å²) in [5.74, 6) is -0.575. The first-order valence-electron chi connectivity index (χ1n) is 6.24. The van der Waals surface area contributed by atoms with Gasteiger partial charge in [0.25, 0.3) is 0 Å². The summed E-state index contributed by atoms with van der Waals surface area (Å²) in [5.41, 5.74) is -0.258. The smallest absolute Gasteiger partial charge is 0.177 e. The van der Waals surface area contributed by atoms with Gasteiger partial charge in [-0.3, -0.25) is 0 Å². The molecule has 2 heteroatoms. The molecule has 0 unspecified atom stereocenters. The Morgan fingerprint density at radius 3 is 2.33 bits per heavy atom. The minimum absolute atomic E-state index is 0.0880. The van der Waals surface area contributed by atoms with Gasteiger partial charge in [0, 0.05) is 17.3 Å². The average molecular weight is 211 g/mol. The molecule has 0 bridgehead atoms. The maximum Gasteiger partial charge on any atom is 0.177 e. The van der Waals surface area contributed by atoms with Crippen LogP contribution in [0.15, 0.2) is 12.1 Å². The summed E-state index contributed by atoms with van der Waals surface area (Å²) >= 11 is 0. The van der Waals surface area contributed by atoms with E-state index >= 15 is 0 Å². The minimum atomic E-state index is -0.575. The van der Waals surface area contributed by atoms with Gasteiger partial charge in [-0.15, -0.1) is 0 Å². The third-order valence-electron chi connectivity index (χ3n) is 3.43. The maximum absolute atomic E-state index is 8.04. The Labute approximate surface area is 94.0 Å². The zero-order chi connectivity index (χ0) is 12.0. The highest BCUT2D eigenvalue weighted by Crippen LogP contribution is 2.47. The number of rotatable bonds is 0. The fourth-order valence-corrected chi connectivity index (χ4v) is 2.22. The summed E-state index contributed by atoms with van der Waals surface area (Å²) in [7, 11) is 0. The van der Waals surface area contributed by atoms with E-state index in [0.29, 0.717) is 19.3 Å². The first-order valence-corrected chi connectivity index (χ1v) is 5.74. The van der Waals surface area contributed by atoms with Crippen LogP contribution in [0.25, 0.3) is 0 Å². The van der Waals surface area contributed by atoms with E-state index in [-0.39, 0.29) is 10.8 Å². The first-order chi connectivity index (χ1) is 7.29. The fourth-order valence-electron chi connectivity index (χ4n) is 2.22. The van der Waals surface area contributed by atoms with Gasteiger partial charge in [-0.25, -0.2) is 0 Å². The van der Waals surface area contributed by atoms with Gasteiger partial charge in [0.2, 0.25) is 0 Å². The van der Waals surface area contributed by atoms with Crippen molar-refractivity contribution in [1.82, 2.24) is 0 Å². The highest BCUT2D eigenvalue weighted by atomic mass is 16.7. The molecule has 0 radical (unpaired) electrons. The predicted molar refractivity (Wildman–Crippen MR) is 60.6 cm³/mol. The lowest BCUT2D eigenvalue weighted by molar-refractivity contribution is -0.338. The lowest BCUT2D eigenvalue weighted by Gasteiger charge is -2.51. The van der Waals surface area contributed by atoms with E-state index in [0.717, 1.165) is 12.8 Å². The molecule has 2 rings (SSSR count). The van der Waals surface area contributed by atoms with Gasteiger partial charge in [0.1, 0.15) is 0 Å². The summed E-state index contributed by atoms with van der Waals surface area (Å²) in [6.45, 7) is 9.81. The SMILES string of the molecule is [2H]C1=CCCC2(OCC(C)(C)CO2)C1(C)C. The zero-order valence-electron chi connectivity index (χ0n) is 11.2. The molecule has 0 amide bonds. The molecule has 0 aromatic heterocycles. The molecule has 1 aliphatic carbocycles. The molecule has 0 atom stereocenters. The van der Waals surface area contributed by atoms with E-state index in [9.17, 15) is 0 Å². The molecule has 0 saturated carbocycles. The normalized spacial score (nSPS) is 33.3. The van der Waals surface area contributed by atoms with Crippen molar-refractivity contribution in [2.75, 3.05) is 13.2 Å². The van der Waals surface area contributed by atoms with Crippen molar-refractivity contribution < 1.29 is 10.8 Å². The van der Waals surface area contributed by atoms with Gasteiger partial charge in [0.15, 0.2) is 5.79 Å². The molecular weight excluding hydrogens is 188 g/mol. The van der Waals surface area contributed by atoms with Gasteiger partial charge >= 0.3 is 0 Å². The molecule has 2 aliphatic rings. The van der Waals surface area contributed by atoms with Crippen LogP contribution in [0.1, 0.15) is 41.9 Å². The van der Waals surface area contributed by atoms with Crippen molar-refractivity contribution >= 4 is 0 Å². The third kappa shape index (κ3) is 1.85. The standard InChI is InChI=1S/C13H22O2/c1-11(2)9-14-13(15-10-11)8-6-5-7-12(13,3)4/h5,7H,6,8-10H2,1-4H3/i7D. The van der Waals surface area contributed by atoms with Crippen LogP contribution in [0.4, 0.5) is 0 Å². The minimum Gasteiger partial charge on any atom is -0.348 e. The van der Waals surface area contributed by atoms with Gasteiger partial charge in [-0.05, 0) is 6.42 Å². The van der Waals surface area contributed by atoms with E-state index < -0.39 is 5.79 Å². The molecule has 1 fully saturated rings. The molecule has 0 aromatic carbocycles. The van der Waals surface area contributed by atoms with Gasteiger partial charge < -0.3 is 9.47 Å². The summed E-state index contributed by atoms with van der Waals surface area (Å²) in [6, 6.07) is 0.637. The molecule has 1 heterocycles. The summed E-state index contributed by atoms with van der Waals surface area (Å²) in [4.78, 5) is 0. The Bertz CT molecular complexity index is 308. The topological polar surface area (TPSA) is 18.5 Å². The van der Waals surface area contributed by atoms with Gasteiger partial charge in [0.05, 0.1) is 14.6 Å². The highest BCUT2D eigenvalue weighted by Gasteiger charge is 2.50. The van der Waals surface area contributed by atoms with Crippen LogP contribution in [-0.4, -0.2) is 19.0 Å². The molecule has 0 aromatic rings. The molecule has 1 aliphatic heterocycles. The highest BCUT2D eigenvalue weighted by molar-refractivity contribution is 5.09. The van der Waals surface area contributed by atoms with E-state index in [1.165, 1.54) is 0 Å². The lowest BCUT2D eigenvalue weighted by atomic mass is 9.75. The summed E-state index contributed by atoms with van der Waals surface area (Å²) in [5, 5.41) is 0. The lowest BCUT2D eigenvalue weighted by Crippen LogP contribution is -2.56. The van der Waals surface area contributed by atoms with Crippen molar-refractivity contribution in [2.24, 2.45) is 10.8 Å². The first kappa shape index (κ1) is 9.86. The number of hydrogen-bond acceptors (Lipinski definition) is 2. The Morgan fingerprint density at radius 2 is 1.73 bits per heavy atom. The quantitative estimate of drug-likeness (QED) is 0.573. The average Bonchev–Trinajstić information content (AvgIpc) is 2.19. The van der Waals surface area contributed by atoms with Gasteiger partial charge in [-0.2, -0.15) is 0 Å². The summed E-state index contributed by atoms with van der Waals surface area (Å²) in [6.07, 6.45) is 3.72. The third-order valence-corrected chi connectivity index (χ3v) is 3.43. The second-order valence-corrected chi connectivity index (χ2v) is 6.01. The summed E-state index contributed by atoms with van der Waals surface area (Å²) < 4.78 is 20.1. The van der Waals surface area contributed by atoms with Crippen LogP contribution in [0.5, 0.6) is 0 Å². The second-order valence-electron chi connectivity index (χ2n) is 6.01. The predicted octanol–water partition coefficient (Wildman–Crippen LogP) is 3.13. The van der Waals surface area contributed by atoms with Crippen molar-refractivity contribution in [3.8, 4) is 0 Å². The van der Waals surface area contributed by atoms with Crippen molar-refractivity contribution in [2.45, 2.75) is 46.3 Å². The molecular formula is C13H22O2. The van der Waals surface area contributed by atoms with Crippen molar-refractivity contribution in [1.29, 1.82) is 0 Å². The maximum atomic E-state index is 8.04. The monoisotopic (exact) mass is 211 g/mol. The molecule has 2 nitrogen and oxygen atoms in total. The Morgan fingerprint density at radius 1 is 1.13 bits per heavy atom. The number of allylic oxidation sites excluding steroid dienone is 1. The van der Waals surface area contributed by atoms with E-state index in [4.69, 9.17) is 10.8 Å². The van der Waals surface area contributed by atoms with Crippen LogP contribution in [0.3, 0.4) is 0 Å². The van der Waals surface area contributed by atoms with Crippen LogP contribution >= 0.6 is 0 Å². The van der Waals surface area contributed by atoms with Crippen molar-refractivity contribution in [3.05, 3.63) is 12.1 Å². The van der Waals surface area contributed by atoms with Crippen LogP contribution in [0, 0.1) is 10.8 Å². The molecule has 1 saturated heterocycles.